The highest BCUT2D eigenvalue weighted by Crippen LogP contribution is 2.29. The van der Waals surface area contributed by atoms with E-state index in [4.69, 9.17) is 14.6 Å². The predicted molar refractivity (Wildman–Crippen MR) is 77.5 cm³/mol. The monoisotopic (exact) mass is 402 g/mol. The molecule has 0 bridgehead atoms. The minimum Gasteiger partial charge on any atom is -0.480 e. The molecule has 0 aliphatic carbocycles. The van der Waals surface area contributed by atoms with E-state index in [1.807, 2.05) is 0 Å². The second kappa shape index (κ2) is 6.19. The molecule has 104 valence electrons. The van der Waals surface area contributed by atoms with Crippen molar-refractivity contribution in [1.82, 2.24) is 9.97 Å². The van der Waals surface area contributed by atoms with E-state index in [2.05, 4.69) is 41.8 Å². The highest BCUT2D eigenvalue weighted by Gasteiger charge is 2.15. The molecule has 0 saturated heterocycles. The van der Waals surface area contributed by atoms with Gasteiger partial charge in [-0.25, -0.2) is 9.78 Å². The normalized spacial score (nSPS) is 10.2. The Hall–Kier alpha value is -1.67. The van der Waals surface area contributed by atoms with Crippen LogP contribution in [-0.2, 0) is 0 Å². The summed E-state index contributed by atoms with van der Waals surface area (Å²) in [7, 11) is 1.46. The average molecular weight is 404 g/mol. The number of methoxy groups -OCH3 is 1. The fourth-order valence-electron chi connectivity index (χ4n) is 1.39. The molecule has 0 aliphatic rings. The minimum absolute atomic E-state index is 0.00450. The van der Waals surface area contributed by atoms with E-state index in [-0.39, 0.29) is 17.3 Å². The Labute approximate surface area is 131 Å². The Balaban J connectivity index is 2.37. The highest BCUT2D eigenvalue weighted by molar-refractivity contribution is 9.10. The zero-order valence-electron chi connectivity index (χ0n) is 10.1. The number of halogens is 2. The maximum Gasteiger partial charge on any atom is 0.339 e. The highest BCUT2D eigenvalue weighted by atomic mass is 79.9. The van der Waals surface area contributed by atoms with Crippen molar-refractivity contribution in [2.75, 3.05) is 7.11 Å². The van der Waals surface area contributed by atoms with Gasteiger partial charge in [0.2, 0.25) is 5.88 Å². The van der Waals surface area contributed by atoms with Gasteiger partial charge in [-0.05, 0) is 34.1 Å². The summed E-state index contributed by atoms with van der Waals surface area (Å²) in [6.07, 6.45) is 1.46. The van der Waals surface area contributed by atoms with Gasteiger partial charge in [0.15, 0.2) is 0 Å². The second-order valence-electron chi connectivity index (χ2n) is 3.56. The van der Waals surface area contributed by atoms with Gasteiger partial charge in [-0.15, -0.1) is 0 Å². The number of nitrogens with zero attached hydrogens (tertiary/aromatic N) is 2. The molecule has 0 fully saturated rings. The van der Waals surface area contributed by atoms with Crippen molar-refractivity contribution in [2.45, 2.75) is 0 Å². The maximum atomic E-state index is 11.2. The molecule has 1 aromatic carbocycles. The van der Waals surface area contributed by atoms with Crippen LogP contribution < -0.4 is 9.47 Å². The van der Waals surface area contributed by atoms with Crippen molar-refractivity contribution >= 4 is 37.8 Å². The molecule has 0 spiro atoms. The molecule has 0 aliphatic heterocycles. The van der Waals surface area contributed by atoms with Crippen LogP contribution >= 0.6 is 31.9 Å². The molecule has 1 N–H and O–H groups in total. The number of carboxylic acids is 1. The van der Waals surface area contributed by atoms with Crippen LogP contribution in [0.5, 0.6) is 17.6 Å². The average Bonchev–Trinajstić information content (AvgIpc) is 2.42. The summed E-state index contributed by atoms with van der Waals surface area (Å²) in [5.74, 6) is -0.667. The molecule has 6 nitrogen and oxygen atoms in total. The van der Waals surface area contributed by atoms with Crippen molar-refractivity contribution in [1.29, 1.82) is 0 Å². The standard InChI is InChI=1S/C12H8Br2N2O4/c1-19-10-8(14)5-15-12(16-10)20-9-3-2-6(13)4-7(9)11(17)18/h2-5H,1H3,(H,17,18). The molecular weight excluding hydrogens is 396 g/mol. The molecular formula is C12H8Br2N2O4. The Kier molecular flexibility index (Phi) is 4.56. The number of carboxylic acid groups (broad SMARTS) is 1. The second-order valence-corrected chi connectivity index (χ2v) is 5.33. The lowest BCUT2D eigenvalue weighted by molar-refractivity contribution is 0.0694. The molecule has 0 amide bonds. The molecule has 20 heavy (non-hydrogen) atoms. The van der Waals surface area contributed by atoms with Gasteiger partial charge < -0.3 is 14.6 Å². The molecule has 2 aromatic rings. The molecule has 0 saturated carbocycles. The summed E-state index contributed by atoms with van der Waals surface area (Å²) in [6, 6.07) is 4.62. The van der Waals surface area contributed by atoms with Crippen molar-refractivity contribution in [3.63, 3.8) is 0 Å². The van der Waals surface area contributed by atoms with Gasteiger partial charge in [-0.2, -0.15) is 4.98 Å². The SMILES string of the molecule is COc1nc(Oc2ccc(Br)cc2C(=O)O)ncc1Br. The summed E-state index contributed by atoms with van der Waals surface area (Å²) in [6.45, 7) is 0. The van der Waals surface area contributed by atoms with E-state index in [1.165, 1.54) is 25.4 Å². The van der Waals surface area contributed by atoms with Crippen LogP contribution in [0.4, 0.5) is 0 Å². The van der Waals surface area contributed by atoms with Crippen LogP contribution in [0.1, 0.15) is 10.4 Å². The largest absolute Gasteiger partial charge is 0.480 e. The van der Waals surface area contributed by atoms with E-state index in [0.717, 1.165) is 0 Å². The minimum atomic E-state index is -1.11. The van der Waals surface area contributed by atoms with Crippen LogP contribution in [0.3, 0.4) is 0 Å². The van der Waals surface area contributed by atoms with Crippen LogP contribution in [0.2, 0.25) is 0 Å². The third kappa shape index (κ3) is 3.26. The summed E-state index contributed by atoms with van der Waals surface area (Å²) >= 11 is 6.42. The lowest BCUT2D eigenvalue weighted by Gasteiger charge is -2.08. The number of aromatic nitrogens is 2. The van der Waals surface area contributed by atoms with Crippen molar-refractivity contribution < 1.29 is 19.4 Å². The van der Waals surface area contributed by atoms with Crippen LogP contribution in [0, 0.1) is 0 Å². The summed E-state index contributed by atoms with van der Waals surface area (Å²) < 4.78 is 11.6. The number of ether oxygens (including phenoxy) is 2. The van der Waals surface area contributed by atoms with E-state index in [0.29, 0.717) is 14.8 Å². The smallest absolute Gasteiger partial charge is 0.339 e. The third-order valence-electron chi connectivity index (χ3n) is 2.26. The zero-order chi connectivity index (χ0) is 14.7. The lowest BCUT2D eigenvalue weighted by atomic mass is 10.2. The Morgan fingerprint density at radius 3 is 2.75 bits per heavy atom. The molecule has 0 atom stereocenters. The maximum absolute atomic E-state index is 11.2. The van der Waals surface area contributed by atoms with Gasteiger partial charge in [0.05, 0.1) is 17.8 Å². The van der Waals surface area contributed by atoms with Crippen LogP contribution in [0.25, 0.3) is 0 Å². The van der Waals surface area contributed by atoms with Crippen molar-refractivity contribution in [3.05, 3.63) is 38.9 Å². The van der Waals surface area contributed by atoms with Crippen LogP contribution in [0.15, 0.2) is 33.3 Å². The number of hydrogen-bond acceptors (Lipinski definition) is 5. The van der Waals surface area contributed by atoms with E-state index in [9.17, 15) is 4.79 Å². The topological polar surface area (TPSA) is 81.5 Å². The summed E-state index contributed by atoms with van der Waals surface area (Å²) in [4.78, 5) is 19.1. The van der Waals surface area contributed by atoms with Gasteiger partial charge in [-0.3, -0.25) is 0 Å². The van der Waals surface area contributed by atoms with Crippen molar-refractivity contribution in [2.24, 2.45) is 0 Å². The molecule has 0 unspecified atom stereocenters. The predicted octanol–water partition coefficient (Wildman–Crippen LogP) is 3.50. The fourth-order valence-corrected chi connectivity index (χ4v) is 2.10. The van der Waals surface area contributed by atoms with Gasteiger partial charge >= 0.3 is 12.0 Å². The number of carbonyl (C=O) groups is 1. The summed E-state index contributed by atoms with van der Waals surface area (Å²) in [5, 5.41) is 9.14. The number of rotatable bonds is 4. The van der Waals surface area contributed by atoms with E-state index >= 15 is 0 Å². The number of benzene rings is 1. The molecule has 1 aromatic heterocycles. The number of hydrogen-bond donors (Lipinski definition) is 1. The van der Waals surface area contributed by atoms with Gasteiger partial charge in [0, 0.05) is 4.47 Å². The van der Waals surface area contributed by atoms with E-state index < -0.39 is 5.97 Å². The zero-order valence-corrected chi connectivity index (χ0v) is 13.3. The first-order valence-corrected chi connectivity index (χ1v) is 6.87. The summed E-state index contributed by atoms with van der Waals surface area (Å²) in [5.41, 5.74) is 0.00450. The molecule has 8 heteroatoms. The Bertz CT molecular complexity index is 664. The fraction of sp³-hybridized carbons (Fsp3) is 0.0833. The van der Waals surface area contributed by atoms with Crippen molar-refractivity contribution in [3.8, 4) is 17.6 Å². The Morgan fingerprint density at radius 2 is 2.10 bits per heavy atom. The van der Waals surface area contributed by atoms with Gasteiger partial charge in [0.1, 0.15) is 11.3 Å². The van der Waals surface area contributed by atoms with E-state index in [1.54, 1.807) is 6.07 Å². The first-order valence-electron chi connectivity index (χ1n) is 5.28. The molecule has 1 heterocycles. The van der Waals surface area contributed by atoms with Gasteiger partial charge in [0.25, 0.3) is 0 Å². The third-order valence-corrected chi connectivity index (χ3v) is 3.29. The van der Waals surface area contributed by atoms with Gasteiger partial charge in [-0.1, -0.05) is 15.9 Å². The quantitative estimate of drug-likeness (QED) is 0.841. The Morgan fingerprint density at radius 1 is 1.35 bits per heavy atom. The van der Waals surface area contributed by atoms with Crippen LogP contribution in [-0.4, -0.2) is 28.2 Å². The molecule has 2 rings (SSSR count). The molecule has 0 radical (unpaired) electrons. The number of aromatic carboxylic acids is 1. The first kappa shape index (κ1) is 14.7. The first-order chi connectivity index (χ1) is 9.51. The lowest BCUT2D eigenvalue weighted by Crippen LogP contribution is -2.02.